The molecule has 180 valence electrons. The number of sulfonamides is 1. The zero-order valence-corrected chi connectivity index (χ0v) is 20.5. The molecule has 34 heavy (non-hydrogen) atoms. The van der Waals surface area contributed by atoms with Crippen LogP contribution in [0.25, 0.3) is 10.8 Å². The van der Waals surface area contributed by atoms with E-state index in [0.717, 1.165) is 55.1 Å². The van der Waals surface area contributed by atoms with Gasteiger partial charge in [-0.3, -0.25) is 4.98 Å². The summed E-state index contributed by atoms with van der Waals surface area (Å²) >= 11 is 0. The monoisotopic (exact) mass is 479 g/mol. The lowest BCUT2D eigenvalue weighted by molar-refractivity contribution is 0.0157. The molecule has 3 aromatic rings. The van der Waals surface area contributed by atoms with Crippen LogP contribution in [-0.2, 0) is 14.8 Å². The Morgan fingerprint density at radius 2 is 1.71 bits per heavy atom. The molecule has 1 N–H and O–H groups in total. The van der Waals surface area contributed by atoms with Gasteiger partial charge in [0, 0.05) is 29.6 Å². The van der Waals surface area contributed by atoms with Crippen molar-refractivity contribution in [2.75, 3.05) is 24.3 Å². The van der Waals surface area contributed by atoms with Crippen molar-refractivity contribution in [3.05, 3.63) is 72.6 Å². The Balaban J connectivity index is 1.30. The van der Waals surface area contributed by atoms with Gasteiger partial charge in [-0.05, 0) is 43.6 Å². The fraction of sp³-hybridized carbons (Fsp3) is 0.444. The van der Waals surface area contributed by atoms with Crippen LogP contribution in [0.3, 0.4) is 0 Å². The van der Waals surface area contributed by atoms with E-state index in [1.165, 1.54) is 11.8 Å². The fourth-order valence-corrected chi connectivity index (χ4v) is 6.45. The van der Waals surface area contributed by atoms with E-state index in [1.807, 2.05) is 24.5 Å². The van der Waals surface area contributed by atoms with Crippen LogP contribution in [0.4, 0.5) is 5.69 Å². The number of benzene rings is 2. The van der Waals surface area contributed by atoms with Gasteiger partial charge in [-0.1, -0.05) is 54.6 Å². The molecule has 0 amide bonds. The van der Waals surface area contributed by atoms with E-state index < -0.39 is 10.0 Å². The number of nitrogens with zero attached hydrogens (tertiary/aromatic N) is 2. The summed E-state index contributed by atoms with van der Waals surface area (Å²) in [5.74, 6) is 0.602. The first-order valence-electron chi connectivity index (χ1n) is 12.2. The van der Waals surface area contributed by atoms with Gasteiger partial charge in [0.05, 0.1) is 36.9 Å². The number of hydrogen-bond acceptors (Lipinski definition) is 5. The highest BCUT2D eigenvalue weighted by Gasteiger charge is 2.37. The summed E-state index contributed by atoms with van der Waals surface area (Å²) in [5.41, 5.74) is 2.46. The zero-order valence-electron chi connectivity index (χ0n) is 19.6. The van der Waals surface area contributed by atoms with Crippen molar-refractivity contribution in [2.24, 2.45) is 0 Å². The number of pyridine rings is 1. The van der Waals surface area contributed by atoms with Gasteiger partial charge in [0.1, 0.15) is 0 Å². The van der Waals surface area contributed by atoms with Crippen LogP contribution in [0, 0.1) is 0 Å². The van der Waals surface area contributed by atoms with Gasteiger partial charge in [0.15, 0.2) is 0 Å². The third kappa shape index (κ3) is 5.27. The first kappa shape index (κ1) is 23.3. The Bertz CT molecular complexity index is 1200. The maximum atomic E-state index is 12.1. The first-order valence-corrected chi connectivity index (χ1v) is 14.1. The highest BCUT2D eigenvalue weighted by Crippen LogP contribution is 2.35. The molecule has 0 radical (unpaired) electrons. The summed E-state index contributed by atoms with van der Waals surface area (Å²) in [6, 6.07) is 18.7. The molecular formula is C27H33N3O3S. The first-order chi connectivity index (χ1) is 16.5. The molecule has 2 aliphatic rings. The van der Waals surface area contributed by atoms with Crippen molar-refractivity contribution in [1.29, 1.82) is 0 Å². The molecule has 0 unspecified atom stereocenters. The number of hydrogen-bond donors (Lipinski definition) is 1. The quantitative estimate of drug-likeness (QED) is 0.541. The largest absolute Gasteiger partial charge is 0.376 e. The predicted octanol–water partition coefficient (Wildman–Crippen LogP) is 4.47. The minimum Gasteiger partial charge on any atom is -0.376 e. The van der Waals surface area contributed by atoms with E-state index in [0.29, 0.717) is 12.5 Å². The van der Waals surface area contributed by atoms with Gasteiger partial charge < -0.3 is 9.64 Å². The van der Waals surface area contributed by atoms with E-state index in [1.54, 1.807) is 0 Å². The highest BCUT2D eigenvalue weighted by molar-refractivity contribution is 7.88. The highest BCUT2D eigenvalue weighted by atomic mass is 32.2. The van der Waals surface area contributed by atoms with Gasteiger partial charge in [0.25, 0.3) is 0 Å². The summed E-state index contributed by atoms with van der Waals surface area (Å²) in [4.78, 5) is 6.74. The number of ether oxygens (including phenoxy) is 1. The zero-order chi connectivity index (χ0) is 23.5. The summed E-state index contributed by atoms with van der Waals surface area (Å²) in [7, 11) is -3.32. The molecule has 2 atom stereocenters. The van der Waals surface area contributed by atoms with Gasteiger partial charge in [0.2, 0.25) is 10.0 Å². The Hall–Kier alpha value is -2.48. The van der Waals surface area contributed by atoms with Gasteiger partial charge in [-0.2, -0.15) is 0 Å². The number of rotatable bonds is 7. The Kier molecular flexibility index (Phi) is 6.86. The number of anilines is 1. The van der Waals surface area contributed by atoms with Crippen LogP contribution in [0.15, 0.2) is 67.0 Å². The third-order valence-electron chi connectivity index (χ3n) is 7.32. The number of aromatic nitrogens is 1. The van der Waals surface area contributed by atoms with Crippen LogP contribution in [0.2, 0.25) is 0 Å². The SMILES string of the molecule is CS(=O)(=O)N[C@H]1CCN(c2cncc3ccccc23)[C@H]1CO[C@H]1CC[C@@H](c2ccccc2)CC1. The molecule has 1 aliphatic heterocycles. The molecule has 1 aromatic heterocycles. The summed E-state index contributed by atoms with van der Waals surface area (Å²) in [6.07, 6.45) is 10.3. The van der Waals surface area contributed by atoms with E-state index in [2.05, 4.69) is 57.1 Å². The molecule has 7 heteroatoms. The maximum absolute atomic E-state index is 12.1. The molecule has 1 saturated carbocycles. The smallest absolute Gasteiger partial charge is 0.209 e. The molecular weight excluding hydrogens is 446 g/mol. The number of fused-ring (bicyclic) bond motifs is 1. The molecule has 5 rings (SSSR count). The van der Waals surface area contributed by atoms with Gasteiger partial charge in [-0.25, -0.2) is 13.1 Å². The lowest BCUT2D eigenvalue weighted by Crippen LogP contribution is -2.48. The van der Waals surface area contributed by atoms with Crippen molar-refractivity contribution in [3.63, 3.8) is 0 Å². The Morgan fingerprint density at radius 3 is 2.47 bits per heavy atom. The lowest BCUT2D eigenvalue weighted by Gasteiger charge is -2.34. The van der Waals surface area contributed by atoms with Crippen LogP contribution < -0.4 is 9.62 Å². The summed E-state index contributed by atoms with van der Waals surface area (Å²) in [5, 5.41) is 2.21. The lowest BCUT2D eigenvalue weighted by atomic mass is 9.83. The van der Waals surface area contributed by atoms with E-state index >= 15 is 0 Å². The summed E-state index contributed by atoms with van der Waals surface area (Å²) < 4.78 is 33.5. The third-order valence-corrected chi connectivity index (χ3v) is 8.05. The van der Waals surface area contributed by atoms with Gasteiger partial charge in [-0.15, -0.1) is 0 Å². The molecule has 0 bridgehead atoms. The predicted molar refractivity (Wildman–Crippen MR) is 137 cm³/mol. The minimum absolute atomic E-state index is 0.0748. The molecule has 0 spiro atoms. The van der Waals surface area contributed by atoms with Crippen molar-refractivity contribution in [2.45, 2.75) is 56.2 Å². The van der Waals surface area contributed by atoms with Crippen molar-refractivity contribution >= 4 is 26.5 Å². The van der Waals surface area contributed by atoms with Crippen molar-refractivity contribution in [1.82, 2.24) is 9.71 Å². The van der Waals surface area contributed by atoms with E-state index in [4.69, 9.17) is 4.74 Å². The second-order valence-electron chi connectivity index (χ2n) is 9.64. The van der Waals surface area contributed by atoms with Crippen LogP contribution in [0.5, 0.6) is 0 Å². The van der Waals surface area contributed by atoms with Crippen LogP contribution in [-0.4, -0.2) is 51.0 Å². The maximum Gasteiger partial charge on any atom is 0.209 e. The Labute approximate surface area is 202 Å². The van der Waals surface area contributed by atoms with Crippen LogP contribution in [0.1, 0.15) is 43.6 Å². The van der Waals surface area contributed by atoms with Gasteiger partial charge >= 0.3 is 0 Å². The topological polar surface area (TPSA) is 71.5 Å². The molecule has 1 aliphatic carbocycles. The molecule has 2 heterocycles. The second kappa shape index (κ2) is 10.0. The average Bonchev–Trinajstić information content (AvgIpc) is 3.23. The van der Waals surface area contributed by atoms with E-state index in [9.17, 15) is 8.42 Å². The van der Waals surface area contributed by atoms with E-state index in [-0.39, 0.29) is 18.2 Å². The Morgan fingerprint density at radius 1 is 0.971 bits per heavy atom. The normalized spacial score (nSPS) is 25.6. The molecule has 2 fully saturated rings. The van der Waals surface area contributed by atoms with Crippen molar-refractivity contribution in [3.8, 4) is 0 Å². The molecule has 2 aromatic carbocycles. The second-order valence-corrected chi connectivity index (χ2v) is 11.4. The molecule has 1 saturated heterocycles. The molecule has 6 nitrogen and oxygen atoms in total. The minimum atomic E-state index is -3.32. The standard InChI is InChI=1S/C27H33N3O3S/c1-34(31,32)29-25-15-16-30(26-18-28-17-22-9-5-6-10-24(22)26)27(25)19-33-23-13-11-21(12-14-23)20-7-3-2-4-8-20/h2-10,17-18,21,23,25,27,29H,11-16,19H2,1H3/t21-,23+,25-,27-/m0/s1. The average molecular weight is 480 g/mol. The van der Waals surface area contributed by atoms with Crippen LogP contribution >= 0.6 is 0 Å². The summed E-state index contributed by atoms with van der Waals surface area (Å²) in [6.45, 7) is 1.26. The number of nitrogens with one attached hydrogen (secondary N) is 1. The van der Waals surface area contributed by atoms with Crippen molar-refractivity contribution < 1.29 is 13.2 Å². The fourth-order valence-electron chi connectivity index (χ4n) is 5.62.